The zero-order valence-electron chi connectivity index (χ0n) is 8.79. The first-order chi connectivity index (χ1) is 7.70. The lowest BCUT2D eigenvalue weighted by atomic mass is 10.1. The van der Waals surface area contributed by atoms with Crippen molar-refractivity contribution >= 4 is 11.6 Å². The second kappa shape index (κ2) is 5.44. The van der Waals surface area contributed by atoms with Crippen LogP contribution in [-0.4, -0.2) is 24.4 Å². The summed E-state index contributed by atoms with van der Waals surface area (Å²) in [6, 6.07) is 6.57. The SMILES string of the molecule is C#CCN(C)C(=O)c1ccccc1N=[N+]=[N-]. The van der Waals surface area contributed by atoms with Crippen LogP contribution in [0.15, 0.2) is 29.4 Å². The highest BCUT2D eigenvalue weighted by Crippen LogP contribution is 2.19. The first-order valence-corrected chi connectivity index (χ1v) is 4.53. The molecule has 80 valence electrons. The number of carbonyl (C=O) groups is 1. The van der Waals surface area contributed by atoms with Crippen LogP contribution >= 0.6 is 0 Å². The summed E-state index contributed by atoms with van der Waals surface area (Å²) in [4.78, 5) is 15.9. The van der Waals surface area contributed by atoms with Crippen molar-refractivity contribution in [2.24, 2.45) is 5.11 Å². The zero-order valence-corrected chi connectivity index (χ0v) is 8.79. The summed E-state index contributed by atoms with van der Waals surface area (Å²) in [5.74, 6) is 2.11. The minimum absolute atomic E-state index is 0.212. The molecule has 0 spiro atoms. The van der Waals surface area contributed by atoms with Gasteiger partial charge in [-0.1, -0.05) is 29.2 Å². The monoisotopic (exact) mass is 214 g/mol. The van der Waals surface area contributed by atoms with Gasteiger partial charge in [0, 0.05) is 17.5 Å². The largest absolute Gasteiger partial charge is 0.331 e. The summed E-state index contributed by atoms with van der Waals surface area (Å²) in [6.07, 6.45) is 5.12. The Bertz CT molecular complexity index is 483. The zero-order chi connectivity index (χ0) is 12.0. The smallest absolute Gasteiger partial charge is 0.254 e. The quantitative estimate of drug-likeness (QED) is 0.329. The van der Waals surface area contributed by atoms with E-state index in [0.717, 1.165) is 0 Å². The number of rotatable bonds is 3. The third-order valence-corrected chi connectivity index (χ3v) is 1.96. The lowest BCUT2D eigenvalue weighted by Gasteiger charge is -2.14. The highest BCUT2D eigenvalue weighted by molar-refractivity contribution is 5.98. The molecule has 5 heteroatoms. The fourth-order valence-electron chi connectivity index (χ4n) is 1.20. The van der Waals surface area contributed by atoms with E-state index in [1.807, 2.05) is 0 Å². The van der Waals surface area contributed by atoms with E-state index in [0.29, 0.717) is 11.3 Å². The van der Waals surface area contributed by atoms with Crippen molar-refractivity contribution in [2.45, 2.75) is 0 Å². The van der Waals surface area contributed by atoms with Gasteiger partial charge in [0.15, 0.2) is 0 Å². The molecule has 0 aliphatic heterocycles. The minimum atomic E-state index is -0.263. The number of benzene rings is 1. The summed E-state index contributed by atoms with van der Waals surface area (Å²) in [5.41, 5.74) is 9.02. The fourth-order valence-corrected chi connectivity index (χ4v) is 1.20. The molecular weight excluding hydrogens is 204 g/mol. The van der Waals surface area contributed by atoms with Gasteiger partial charge in [-0.15, -0.1) is 6.42 Å². The maximum absolute atomic E-state index is 11.9. The van der Waals surface area contributed by atoms with E-state index in [9.17, 15) is 4.79 Å². The van der Waals surface area contributed by atoms with Gasteiger partial charge in [0.2, 0.25) is 0 Å². The number of terminal acetylenes is 1. The topological polar surface area (TPSA) is 69.1 Å². The molecule has 1 amide bonds. The molecule has 16 heavy (non-hydrogen) atoms. The molecule has 0 saturated carbocycles. The lowest BCUT2D eigenvalue weighted by molar-refractivity contribution is 0.0813. The van der Waals surface area contributed by atoms with Gasteiger partial charge in [-0.25, -0.2) is 0 Å². The molecule has 0 fully saturated rings. The van der Waals surface area contributed by atoms with E-state index in [4.69, 9.17) is 12.0 Å². The average molecular weight is 214 g/mol. The summed E-state index contributed by atoms with van der Waals surface area (Å²) in [7, 11) is 1.59. The normalized spacial score (nSPS) is 8.75. The molecule has 5 nitrogen and oxygen atoms in total. The van der Waals surface area contributed by atoms with Crippen molar-refractivity contribution in [3.63, 3.8) is 0 Å². The Kier molecular flexibility index (Phi) is 3.96. The van der Waals surface area contributed by atoms with Gasteiger partial charge in [-0.05, 0) is 11.6 Å². The van der Waals surface area contributed by atoms with Gasteiger partial charge >= 0.3 is 0 Å². The second-order valence-corrected chi connectivity index (χ2v) is 3.07. The molecule has 1 aromatic rings. The third-order valence-electron chi connectivity index (χ3n) is 1.96. The Morgan fingerprint density at radius 2 is 2.31 bits per heavy atom. The highest BCUT2D eigenvalue weighted by Gasteiger charge is 2.13. The molecule has 1 aromatic carbocycles. The van der Waals surface area contributed by atoms with Gasteiger partial charge in [0.1, 0.15) is 0 Å². The van der Waals surface area contributed by atoms with Gasteiger partial charge in [-0.3, -0.25) is 4.79 Å². The van der Waals surface area contributed by atoms with E-state index < -0.39 is 0 Å². The van der Waals surface area contributed by atoms with Crippen LogP contribution < -0.4 is 0 Å². The van der Waals surface area contributed by atoms with Crippen LogP contribution in [0.25, 0.3) is 10.4 Å². The van der Waals surface area contributed by atoms with Crippen molar-refractivity contribution in [2.75, 3.05) is 13.6 Å². The molecule has 0 aliphatic carbocycles. The molecule has 0 heterocycles. The Balaban J connectivity index is 3.08. The number of hydrogen-bond donors (Lipinski definition) is 0. The molecule has 0 unspecified atom stereocenters. The van der Waals surface area contributed by atoms with Crippen molar-refractivity contribution in [1.29, 1.82) is 0 Å². The maximum Gasteiger partial charge on any atom is 0.254 e. The molecule has 0 N–H and O–H groups in total. The predicted molar refractivity (Wildman–Crippen MR) is 61.0 cm³/mol. The first kappa shape index (κ1) is 11.6. The van der Waals surface area contributed by atoms with E-state index in [1.54, 1.807) is 31.3 Å². The summed E-state index contributed by atoms with van der Waals surface area (Å²) in [6.45, 7) is 0.212. The number of nitrogens with zero attached hydrogens (tertiary/aromatic N) is 4. The second-order valence-electron chi connectivity index (χ2n) is 3.07. The summed E-state index contributed by atoms with van der Waals surface area (Å²) < 4.78 is 0. The van der Waals surface area contributed by atoms with Crippen molar-refractivity contribution in [1.82, 2.24) is 4.90 Å². The first-order valence-electron chi connectivity index (χ1n) is 4.53. The number of azide groups is 1. The fraction of sp³-hybridized carbons (Fsp3) is 0.182. The molecule has 0 aliphatic rings. The Morgan fingerprint density at radius 1 is 1.62 bits per heavy atom. The van der Waals surface area contributed by atoms with Crippen LogP contribution in [0.2, 0.25) is 0 Å². The van der Waals surface area contributed by atoms with Gasteiger partial charge in [0.05, 0.1) is 12.2 Å². The van der Waals surface area contributed by atoms with Crippen molar-refractivity contribution < 1.29 is 4.79 Å². The molecule has 0 bridgehead atoms. The highest BCUT2D eigenvalue weighted by atomic mass is 16.2. The van der Waals surface area contributed by atoms with Crippen LogP contribution in [0.1, 0.15) is 10.4 Å². The Morgan fingerprint density at radius 3 is 2.94 bits per heavy atom. The van der Waals surface area contributed by atoms with E-state index >= 15 is 0 Å². The van der Waals surface area contributed by atoms with Crippen molar-refractivity contribution in [3.8, 4) is 12.3 Å². The van der Waals surface area contributed by atoms with E-state index in [-0.39, 0.29) is 12.5 Å². The molecule has 0 atom stereocenters. The van der Waals surface area contributed by atoms with Crippen LogP contribution in [0.3, 0.4) is 0 Å². The molecular formula is C11H10N4O. The van der Waals surface area contributed by atoms with Gasteiger partial charge < -0.3 is 4.90 Å². The number of carbonyl (C=O) groups excluding carboxylic acids is 1. The molecule has 0 aromatic heterocycles. The van der Waals surface area contributed by atoms with Crippen LogP contribution in [-0.2, 0) is 0 Å². The molecule has 1 rings (SSSR count). The minimum Gasteiger partial charge on any atom is -0.331 e. The standard InChI is InChI=1S/C11H10N4O/c1-3-8-15(2)11(16)9-6-4-5-7-10(9)13-14-12/h1,4-7H,8H2,2H3. The summed E-state index contributed by atoms with van der Waals surface area (Å²) in [5, 5.41) is 3.45. The third kappa shape index (κ3) is 2.53. The Labute approximate surface area is 93.3 Å². The maximum atomic E-state index is 11.9. The molecule has 0 saturated heterocycles. The van der Waals surface area contributed by atoms with Gasteiger partial charge in [0.25, 0.3) is 5.91 Å². The molecule has 0 radical (unpaired) electrons. The number of hydrogen-bond acceptors (Lipinski definition) is 2. The van der Waals surface area contributed by atoms with Gasteiger partial charge in [-0.2, -0.15) is 0 Å². The van der Waals surface area contributed by atoms with E-state index in [1.165, 1.54) is 4.90 Å². The van der Waals surface area contributed by atoms with E-state index in [2.05, 4.69) is 15.9 Å². The predicted octanol–water partition coefficient (Wildman–Crippen LogP) is 2.33. The summed E-state index contributed by atoms with van der Waals surface area (Å²) >= 11 is 0. The van der Waals surface area contributed by atoms with Crippen LogP contribution in [0.4, 0.5) is 5.69 Å². The number of amides is 1. The Hall–Kier alpha value is -2.44. The average Bonchev–Trinajstić information content (AvgIpc) is 2.29. The lowest BCUT2D eigenvalue weighted by Crippen LogP contribution is -2.26. The van der Waals surface area contributed by atoms with Crippen LogP contribution in [0.5, 0.6) is 0 Å². The van der Waals surface area contributed by atoms with Crippen LogP contribution in [0, 0.1) is 12.3 Å². The van der Waals surface area contributed by atoms with Crippen molar-refractivity contribution in [3.05, 3.63) is 40.3 Å².